The van der Waals surface area contributed by atoms with E-state index in [2.05, 4.69) is 38.3 Å². The number of rotatable bonds is 7. The summed E-state index contributed by atoms with van der Waals surface area (Å²) >= 11 is 0. The van der Waals surface area contributed by atoms with Crippen LogP contribution in [0.25, 0.3) is 0 Å². The van der Waals surface area contributed by atoms with Crippen molar-refractivity contribution in [3.8, 4) is 0 Å². The van der Waals surface area contributed by atoms with Gasteiger partial charge in [0.2, 0.25) is 5.91 Å². The van der Waals surface area contributed by atoms with E-state index in [0.29, 0.717) is 25.0 Å². The maximum Gasteiger partial charge on any atom is 0.222 e. The van der Waals surface area contributed by atoms with Crippen LogP contribution in [0.4, 0.5) is 0 Å². The third-order valence-electron chi connectivity index (χ3n) is 3.64. The first-order valence-electron chi connectivity index (χ1n) is 7.63. The highest BCUT2D eigenvalue weighted by Crippen LogP contribution is 2.09. The van der Waals surface area contributed by atoms with Gasteiger partial charge >= 0.3 is 0 Å². The molecule has 112 valence electrons. The summed E-state index contributed by atoms with van der Waals surface area (Å²) in [6, 6.07) is 0.646. The van der Waals surface area contributed by atoms with Crippen molar-refractivity contribution in [1.82, 2.24) is 10.6 Å². The molecule has 1 rings (SSSR count). The molecule has 4 heteroatoms. The van der Waals surface area contributed by atoms with Crippen molar-refractivity contribution in [3.63, 3.8) is 0 Å². The Labute approximate surface area is 117 Å². The zero-order valence-corrected chi connectivity index (χ0v) is 12.9. The first kappa shape index (κ1) is 16.4. The number of carbonyl (C=O) groups is 1. The fourth-order valence-corrected chi connectivity index (χ4v) is 2.60. The molecule has 0 aromatic heterocycles. The van der Waals surface area contributed by atoms with E-state index >= 15 is 0 Å². The SMILES string of the molecule is CC(C)CC(C)OCCC(=O)NC1CCCNC1C. The lowest BCUT2D eigenvalue weighted by Crippen LogP contribution is -2.52. The molecule has 1 amide bonds. The predicted molar refractivity (Wildman–Crippen MR) is 78.1 cm³/mol. The number of nitrogens with one attached hydrogen (secondary N) is 2. The number of hydrogen-bond acceptors (Lipinski definition) is 3. The highest BCUT2D eigenvalue weighted by molar-refractivity contribution is 5.76. The molecule has 0 saturated carbocycles. The summed E-state index contributed by atoms with van der Waals surface area (Å²) in [5.41, 5.74) is 0. The second-order valence-electron chi connectivity index (χ2n) is 6.12. The van der Waals surface area contributed by atoms with E-state index in [1.54, 1.807) is 0 Å². The fraction of sp³-hybridized carbons (Fsp3) is 0.933. The van der Waals surface area contributed by atoms with E-state index in [4.69, 9.17) is 4.74 Å². The Bertz CT molecular complexity index is 269. The van der Waals surface area contributed by atoms with E-state index in [-0.39, 0.29) is 18.1 Å². The maximum atomic E-state index is 11.8. The number of hydrogen-bond donors (Lipinski definition) is 2. The topological polar surface area (TPSA) is 50.4 Å². The molecule has 1 fully saturated rings. The van der Waals surface area contributed by atoms with Gasteiger partial charge in [0.1, 0.15) is 0 Å². The molecule has 0 spiro atoms. The van der Waals surface area contributed by atoms with Crippen molar-refractivity contribution in [2.75, 3.05) is 13.2 Å². The van der Waals surface area contributed by atoms with Crippen LogP contribution in [-0.2, 0) is 9.53 Å². The average Bonchev–Trinajstić information content (AvgIpc) is 2.31. The standard InChI is InChI=1S/C15H30N2O2/c1-11(2)10-12(3)19-9-7-15(18)17-14-6-5-8-16-13(14)4/h11-14,16H,5-10H2,1-4H3,(H,17,18). The Morgan fingerprint density at radius 2 is 2.16 bits per heavy atom. The lowest BCUT2D eigenvalue weighted by atomic mass is 10.00. The van der Waals surface area contributed by atoms with Crippen molar-refractivity contribution >= 4 is 5.91 Å². The molecule has 4 nitrogen and oxygen atoms in total. The summed E-state index contributed by atoms with van der Waals surface area (Å²) in [5.74, 6) is 0.746. The Morgan fingerprint density at radius 3 is 2.79 bits per heavy atom. The van der Waals surface area contributed by atoms with Crippen LogP contribution in [0.1, 0.15) is 53.4 Å². The maximum absolute atomic E-state index is 11.8. The number of piperidine rings is 1. The van der Waals surface area contributed by atoms with Crippen molar-refractivity contribution in [2.24, 2.45) is 5.92 Å². The van der Waals surface area contributed by atoms with Gasteiger partial charge in [0.25, 0.3) is 0 Å². The zero-order valence-electron chi connectivity index (χ0n) is 12.9. The van der Waals surface area contributed by atoms with Crippen molar-refractivity contribution in [2.45, 2.75) is 71.6 Å². The van der Waals surface area contributed by atoms with E-state index < -0.39 is 0 Å². The van der Waals surface area contributed by atoms with Crippen molar-refractivity contribution < 1.29 is 9.53 Å². The zero-order chi connectivity index (χ0) is 14.3. The van der Waals surface area contributed by atoms with E-state index in [1.807, 2.05) is 0 Å². The molecular formula is C15H30N2O2. The molecule has 0 aromatic carbocycles. The van der Waals surface area contributed by atoms with Gasteiger partial charge in [-0.2, -0.15) is 0 Å². The highest BCUT2D eigenvalue weighted by Gasteiger charge is 2.22. The molecule has 0 radical (unpaired) electrons. The van der Waals surface area contributed by atoms with Gasteiger partial charge in [-0.3, -0.25) is 4.79 Å². The van der Waals surface area contributed by atoms with Crippen LogP contribution in [0, 0.1) is 5.92 Å². The van der Waals surface area contributed by atoms with Crippen LogP contribution in [0.2, 0.25) is 0 Å². The summed E-state index contributed by atoms with van der Waals surface area (Å²) < 4.78 is 5.66. The van der Waals surface area contributed by atoms with Crippen LogP contribution >= 0.6 is 0 Å². The minimum atomic E-state index is 0.109. The Balaban J connectivity index is 2.13. The smallest absolute Gasteiger partial charge is 0.222 e. The van der Waals surface area contributed by atoms with Gasteiger partial charge in [-0.25, -0.2) is 0 Å². The average molecular weight is 270 g/mol. The molecule has 3 atom stereocenters. The molecule has 3 unspecified atom stereocenters. The van der Waals surface area contributed by atoms with Gasteiger partial charge in [0, 0.05) is 18.5 Å². The number of carbonyl (C=O) groups excluding carboxylic acids is 1. The predicted octanol–water partition coefficient (Wildman–Crippen LogP) is 2.08. The lowest BCUT2D eigenvalue weighted by molar-refractivity contribution is -0.123. The van der Waals surface area contributed by atoms with Crippen LogP contribution < -0.4 is 10.6 Å². The first-order valence-corrected chi connectivity index (χ1v) is 7.63. The molecule has 1 aliphatic heterocycles. The Hall–Kier alpha value is -0.610. The Morgan fingerprint density at radius 1 is 1.42 bits per heavy atom. The third-order valence-corrected chi connectivity index (χ3v) is 3.64. The second kappa shape index (κ2) is 8.54. The number of amides is 1. The minimum absolute atomic E-state index is 0.109. The summed E-state index contributed by atoms with van der Waals surface area (Å²) in [7, 11) is 0. The third kappa shape index (κ3) is 6.92. The van der Waals surface area contributed by atoms with Crippen LogP contribution in [-0.4, -0.2) is 37.2 Å². The molecule has 0 bridgehead atoms. The fourth-order valence-electron chi connectivity index (χ4n) is 2.60. The van der Waals surface area contributed by atoms with E-state index in [9.17, 15) is 4.79 Å². The molecule has 0 aromatic rings. The Kier molecular flexibility index (Phi) is 7.39. The monoisotopic (exact) mass is 270 g/mol. The molecule has 1 aliphatic rings. The van der Waals surface area contributed by atoms with Crippen molar-refractivity contribution in [3.05, 3.63) is 0 Å². The lowest BCUT2D eigenvalue weighted by Gasteiger charge is -2.30. The minimum Gasteiger partial charge on any atom is -0.378 e. The van der Waals surface area contributed by atoms with Gasteiger partial charge in [0.15, 0.2) is 0 Å². The molecule has 19 heavy (non-hydrogen) atoms. The van der Waals surface area contributed by atoms with Crippen LogP contribution in [0.5, 0.6) is 0 Å². The van der Waals surface area contributed by atoms with Gasteiger partial charge in [-0.15, -0.1) is 0 Å². The number of ether oxygens (including phenoxy) is 1. The van der Waals surface area contributed by atoms with Crippen LogP contribution in [0.3, 0.4) is 0 Å². The first-order chi connectivity index (χ1) is 8.99. The van der Waals surface area contributed by atoms with Crippen molar-refractivity contribution in [1.29, 1.82) is 0 Å². The summed E-state index contributed by atoms with van der Waals surface area (Å²) in [4.78, 5) is 11.8. The highest BCUT2D eigenvalue weighted by atomic mass is 16.5. The summed E-state index contributed by atoms with van der Waals surface area (Å²) in [6.45, 7) is 10.2. The van der Waals surface area contributed by atoms with Crippen LogP contribution in [0.15, 0.2) is 0 Å². The van der Waals surface area contributed by atoms with Gasteiger partial charge in [0.05, 0.1) is 12.7 Å². The molecule has 2 N–H and O–H groups in total. The normalized spacial score (nSPS) is 25.3. The van der Waals surface area contributed by atoms with E-state index in [1.165, 1.54) is 0 Å². The molecule has 1 heterocycles. The largest absolute Gasteiger partial charge is 0.378 e. The quantitative estimate of drug-likeness (QED) is 0.745. The summed E-state index contributed by atoms with van der Waals surface area (Å²) in [6.07, 6.45) is 3.96. The molecule has 0 aliphatic carbocycles. The molecular weight excluding hydrogens is 240 g/mol. The molecule has 1 saturated heterocycles. The van der Waals surface area contributed by atoms with Gasteiger partial charge in [-0.1, -0.05) is 13.8 Å². The second-order valence-corrected chi connectivity index (χ2v) is 6.12. The van der Waals surface area contributed by atoms with Gasteiger partial charge in [-0.05, 0) is 45.6 Å². The van der Waals surface area contributed by atoms with E-state index in [0.717, 1.165) is 25.8 Å². The summed E-state index contributed by atoms with van der Waals surface area (Å²) in [5, 5.41) is 6.49. The van der Waals surface area contributed by atoms with Gasteiger partial charge < -0.3 is 15.4 Å².